The maximum Gasteiger partial charge on any atom is 0.324 e. The largest absolute Gasteiger partial charge is 0.468 e. The van der Waals surface area contributed by atoms with Crippen LogP contribution in [0.25, 0.3) is 10.8 Å². The number of carbonyl (C=O) groups excluding carboxylic acids is 1. The molecule has 110 valence electrons. The Hall–Kier alpha value is -1.88. The molecule has 21 heavy (non-hydrogen) atoms. The first-order chi connectivity index (χ1) is 10.0. The number of rotatable bonds is 4. The highest BCUT2D eigenvalue weighted by Gasteiger charge is 2.46. The van der Waals surface area contributed by atoms with Crippen LogP contribution in [0.5, 0.6) is 0 Å². The Kier molecular flexibility index (Phi) is 3.45. The molecule has 1 aliphatic carbocycles. The lowest BCUT2D eigenvalue weighted by molar-refractivity contribution is -0.140. The van der Waals surface area contributed by atoms with Crippen molar-refractivity contribution in [3.05, 3.63) is 42.5 Å². The third-order valence-electron chi connectivity index (χ3n) is 3.87. The zero-order chi connectivity index (χ0) is 15.0. The van der Waals surface area contributed by atoms with Gasteiger partial charge in [-0.25, -0.2) is 8.42 Å². The summed E-state index contributed by atoms with van der Waals surface area (Å²) in [5.74, 6) is -0.778. The Labute approximate surface area is 123 Å². The smallest absolute Gasteiger partial charge is 0.324 e. The summed E-state index contributed by atoms with van der Waals surface area (Å²) in [5, 5.41) is 0.735. The lowest BCUT2D eigenvalue weighted by atomic mass is 10.1. The molecule has 1 atom stereocenters. The molecule has 4 nitrogen and oxygen atoms in total. The first-order valence-electron chi connectivity index (χ1n) is 6.84. The van der Waals surface area contributed by atoms with Crippen LogP contribution < -0.4 is 0 Å². The van der Waals surface area contributed by atoms with Gasteiger partial charge in [0.1, 0.15) is 0 Å². The molecule has 0 aliphatic heterocycles. The Bertz CT molecular complexity index is 791. The lowest BCUT2D eigenvalue weighted by Crippen LogP contribution is -2.33. The Balaban J connectivity index is 2.08. The van der Waals surface area contributed by atoms with Crippen molar-refractivity contribution >= 4 is 26.6 Å². The summed E-state index contributed by atoms with van der Waals surface area (Å²) in [6, 6.07) is 12.5. The van der Waals surface area contributed by atoms with E-state index in [2.05, 4.69) is 0 Å². The first-order valence-corrected chi connectivity index (χ1v) is 8.39. The standard InChI is InChI=1S/C16H16O4S/c1-20-16(17)15(12-6-7-12)21(18,19)14-9-8-11-4-2-3-5-13(11)10-14/h2-5,8-10,12,15H,6-7H2,1H3. The predicted octanol–water partition coefficient (Wildman–Crippen LogP) is 2.57. The molecule has 0 amide bonds. The van der Waals surface area contributed by atoms with Gasteiger partial charge in [-0.2, -0.15) is 0 Å². The second-order valence-corrected chi connectivity index (χ2v) is 7.40. The van der Waals surface area contributed by atoms with Crippen LogP contribution in [0, 0.1) is 5.92 Å². The molecular formula is C16H16O4S. The molecule has 1 fully saturated rings. The van der Waals surface area contributed by atoms with Crippen LogP contribution in [0.1, 0.15) is 12.8 Å². The number of sulfone groups is 1. The van der Waals surface area contributed by atoms with Gasteiger partial charge in [0.15, 0.2) is 15.1 Å². The van der Waals surface area contributed by atoms with E-state index in [4.69, 9.17) is 4.74 Å². The van der Waals surface area contributed by atoms with Gasteiger partial charge in [0, 0.05) is 0 Å². The van der Waals surface area contributed by atoms with Gasteiger partial charge < -0.3 is 4.74 Å². The number of esters is 1. The molecule has 0 bridgehead atoms. The number of benzene rings is 2. The fourth-order valence-electron chi connectivity index (χ4n) is 2.58. The van der Waals surface area contributed by atoms with E-state index >= 15 is 0 Å². The number of ether oxygens (including phenoxy) is 1. The second-order valence-electron chi connectivity index (χ2n) is 5.34. The van der Waals surface area contributed by atoms with E-state index in [1.807, 2.05) is 24.3 Å². The van der Waals surface area contributed by atoms with E-state index in [1.165, 1.54) is 7.11 Å². The lowest BCUT2D eigenvalue weighted by Gasteiger charge is -2.15. The molecule has 0 heterocycles. The molecule has 1 saturated carbocycles. The van der Waals surface area contributed by atoms with Crippen LogP contribution in [0.3, 0.4) is 0 Å². The second kappa shape index (κ2) is 5.15. The normalized spacial score (nSPS) is 16.6. The molecular weight excluding hydrogens is 288 g/mol. The van der Waals surface area contributed by atoms with Gasteiger partial charge in [0.25, 0.3) is 0 Å². The molecule has 1 unspecified atom stereocenters. The van der Waals surface area contributed by atoms with Crippen LogP contribution >= 0.6 is 0 Å². The van der Waals surface area contributed by atoms with Crippen LogP contribution in [-0.4, -0.2) is 26.7 Å². The molecule has 5 heteroatoms. The quantitative estimate of drug-likeness (QED) is 0.815. The van der Waals surface area contributed by atoms with Gasteiger partial charge in [0.2, 0.25) is 0 Å². The van der Waals surface area contributed by atoms with Gasteiger partial charge in [-0.3, -0.25) is 4.79 Å². The number of fused-ring (bicyclic) bond motifs is 1. The molecule has 2 aromatic carbocycles. The minimum absolute atomic E-state index is 0.117. The van der Waals surface area contributed by atoms with Crippen LogP contribution in [0.2, 0.25) is 0 Å². The number of methoxy groups -OCH3 is 1. The molecule has 0 aromatic heterocycles. The topological polar surface area (TPSA) is 60.4 Å². The van der Waals surface area contributed by atoms with Gasteiger partial charge in [-0.05, 0) is 41.7 Å². The summed E-state index contributed by atoms with van der Waals surface area (Å²) in [6.45, 7) is 0. The average Bonchev–Trinajstić information content (AvgIpc) is 3.31. The molecule has 0 radical (unpaired) electrons. The summed E-state index contributed by atoms with van der Waals surface area (Å²) in [7, 11) is -2.49. The highest BCUT2D eigenvalue weighted by atomic mass is 32.2. The molecule has 0 N–H and O–H groups in total. The van der Waals surface area contributed by atoms with E-state index in [0.29, 0.717) is 0 Å². The van der Waals surface area contributed by atoms with Crippen molar-refractivity contribution in [3.63, 3.8) is 0 Å². The van der Waals surface area contributed by atoms with Crippen LogP contribution in [0.4, 0.5) is 0 Å². The minimum atomic E-state index is -3.72. The van der Waals surface area contributed by atoms with Crippen molar-refractivity contribution in [2.45, 2.75) is 23.0 Å². The van der Waals surface area contributed by atoms with Gasteiger partial charge in [-0.15, -0.1) is 0 Å². The summed E-state index contributed by atoms with van der Waals surface area (Å²) < 4.78 is 30.2. The van der Waals surface area contributed by atoms with Crippen molar-refractivity contribution < 1.29 is 17.9 Å². The summed E-state index contributed by atoms with van der Waals surface area (Å²) in [5.41, 5.74) is 0. The number of hydrogen-bond acceptors (Lipinski definition) is 4. The summed E-state index contributed by atoms with van der Waals surface area (Å²) >= 11 is 0. The third-order valence-corrected chi connectivity index (χ3v) is 6.02. The molecule has 0 saturated heterocycles. The van der Waals surface area contributed by atoms with Gasteiger partial charge in [-0.1, -0.05) is 30.3 Å². The highest BCUT2D eigenvalue weighted by molar-refractivity contribution is 7.92. The van der Waals surface area contributed by atoms with Gasteiger partial charge in [0.05, 0.1) is 12.0 Å². The predicted molar refractivity (Wildman–Crippen MR) is 79.7 cm³/mol. The average molecular weight is 304 g/mol. The van der Waals surface area contributed by atoms with Crippen LogP contribution in [0.15, 0.2) is 47.4 Å². The van der Waals surface area contributed by atoms with E-state index in [9.17, 15) is 13.2 Å². The van der Waals surface area contributed by atoms with E-state index < -0.39 is 21.1 Å². The first kappa shape index (κ1) is 14.1. The fourth-order valence-corrected chi connectivity index (χ4v) is 4.55. The highest BCUT2D eigenvalue weighted by Crippen LogP contribution is 2.39. The minimum Gasteiger partial charge on any atom is -0.468 e. The Morgan fingerprint density at radius 3 is 2.43 bits per heavy atom. The van der Waals surface area contributed by atoms with Crippen molar-refractivity contribution in [1.29, 1.82) is 0 Å². The molecule has 2 aromatic rings. The fraction of sp³-hybridized carbons (Fsp3) is 0.312. The van der Waals surface area contributed by atoms with Crippen LogP contribution in [-0.2, 0) is 19.4 Å². The maximum atomic E-state index is 12.8. The van der Waals surface area contributed by atoms with Crippen molar-refractivity contribution in [3.8, 4) is 0 Å². The van der Waals surface area contributed by atoms with Gasteiger partial charge >= 0.3 is 5.97 Å². The Morgan fingerprint density at radius 1 is 1.14 bits per heavy atom. The third kappa shape index (κ3) is 2.53. The zero-order valence-corrected chi connectivity index (χ0v) is 12.5. The molecule has 3 rings (SSSR count). The van der Waals surface area contributed by atoms with Crippen molar-refractivity contribution in [2.75, 3.05) is 7.11 Å². The van der Waals surface area contributed by atoms with E-state index in [1.54, 1.807) is 18.2 Å². The summed E-state index contributed by atoms with van der Waals surface area (Å²) in [4.78, 5) is 12.1. The van der Waals surface area contributed by atoms with E-state index in [0.717, 1.165) is 23.6 Å². The molecule has 1 aliphatic rings. The monoisotopic (exact) mass is 304 g/mol. The maximum absolute atomic E-state index is 12.8. The number of carbonyl (C=O) groups is 1. The zero-order valence-electron chi connectivity index (χ0n) is 11.7. The molecule has 0 spiro atoms. The van der Waals surface area contributed by atoms with Crippen molar-refractivity contribution in [2.24, 2.45) is 5.92 Å². The SMILES string of the molecule is COC(=O)C(C1CC1)S(=O)(=O)c1ccc2ccccc2c1. The summed E-state index contributed by atoms with van der Waals surface area (Å²) in [6.07, 6.45) is 1.51. The number of hydrogen-bond donors (Lipinski definition) is 0. The van der Waals surface area contributed by atoms with Crippen molar-refractivity contribution in [1.82, 2.24) is 0 Å². The Morgan fingerprint density at radius 2 is 1.81 bits per heavy atom. The van der Waals surface area contributed by atoms with E-state index in [-0.39, 0.29) is 10.8 Å².